The van der Waals surface area contributed by atoms with E-state index in [-0.39, 0.29) is 0 Å². The van der Waals surface area contributed by atoms with Gasteiger partial charge in [-0.05, 0) is 25.7 Å². The molecule has 1 fully saturated rings. The SMILES string of the molecule is OC1(C#C[SiH2]O[SiH3])CCCCC1. The molecule has 0 radical (unpaired) electrons. The van der Waals surface area contributed by atoms with Crippen molar-refractivity contribution in [2.45, 2.75) is 37.7 Å². The first-order valence-electron chi connectivity index (χ1n) is 4.48. The number of hydrogen-bond acceptors (Lipinski definition) is 2. The van der Waals surface area contributed by atoms with Crippen LogP contribution in [-0.2, 0) is 4.12 Å². The second-order valence-corrected chi connectivity index (χ2v) is 6.28. The average molecular weight is 200 g/mol. The molecule has 1 saturated carbocycles. The molecule has 1 aliphatic rings. The molecule has 0 amide bonds. The van der Waals surface area contributed by atoms with Crippen LogP contribution >= 0.6 is 0 Å². The summed E-state index contributed by atoms with van der Waals surface area (Å²) >= 11 is 0. The standard InChI is InChI=1S/C8H16O2Si2/c9-8(6-7-12-10-11)4-2-1-3-5-8/h9H,1-5,12H2,11H3. The quantitative estimate of drug-likeness (QED) is 0.436. The highest BCUT2D eigenvalue weighted by atomic mass is 28.3. The van der Waals surface area contributed by atoms with Crippen molar-refractivity contribution in [3.8, 4) is 11.5 Å². The van der Waals surface area contributed by atoms with Crippen LogP contribution in [0.15, 0.2) is 0 Å². The number of aliphatic hydroxyl groups is 1. The Labute approximate surface area is 79.2 Å². The number of rotatable bonds is 1. The maximum absolute atomic E-state index is 9.90. The largest absolute Gasteiger partial charge is 0.459 e. The average Bonchev–Trinajstić information content (AvgIpc) is 2.06. The van der Waals surface area contributed by atoms with Crippen molar-refractivity contribution in [3.63, 3.8) is 0 Å². The van der Waals surface area contributed by atoms with Crippen molar-refractivity contribution in [1.29, 1.82) is 0 Å². The second-order valence-electron chi connectivity index (χ2n) is 3.33. The molecule has 0 saturated heterocycles. The summed E-state index contributed by atoms with van der Waals surface area (Å²) in [5, 5.41) is 9.90. The first-order valence-corrected chi connectivity index (χ1v) is 6.58. The van der Waals surface area contributed by atoms with Crippen LogP contribution in [0.5, 0.6) is 0 Å². The van der Waals surface area contributed by atoms with Crippen LogP contribution in [0.2, 0.25) is 0 Å². The molecule has 0 aliphatic heterocycles. The molecule has 0 atom stereocenters. The van der Waals surface area contributed by atoms with E-state index in [2.05, 4.69) is 11.5 Å². The van der Waals surface area contributed by atoms with Crippen LogP contribution in [0, 0.1) is 11.5 Å². The number of hydrogen-bond donors (Lipinski definition) is 1. The second kappa shape index (κ2) is 4.82. The Balaban J connectivity index is 2.42. The Morgan fingerprint density at radius 1 is 1.33 bits per heavy atom. The lowest BCUT2D eigenvalue weighted by molar-refractivity contribution is 0.0611. The fourth-order valence-corrected chi connectivity index (χ4v) is 2.51. The lowest BCUT2D eigenvalue weighted by atomic mass is 9.86. The first-order chi connectivity index (χ1) is 5.77. The lowest BCUT2D eigenvalue weighted by Gasteiger charge is -2.26. The van der Waals surface area contributed by atoms with Gasteiger partial charge in [0.05, 0.1) is 0 Å². The summed E-state index contributed by atoms with van der Waals surface area (Å²) in [5.41, 5.74) is 2.34. The van der Waals surface area contributed by atoms with Gasteiger partial charge in [-0.3, -0.25) is 0 Å². The molecule has 0 aromatic carbocycles. The Kier molecular flexibility index (Phi) is 4.02. The maximum Gasteiger partial charge on any atom is 0.229 e. The van der Waals surface area contributed by atoms with E-state index in [1.165, 1.54) is 6.42 Å². The summed E-state index contributed by atoms with van der Waals surface area (Å²) in [5.74, 6) is 2.96. The molecule has 0 unspecified atom stereocenters. The van der Waals surface area contributed by atoms with E-state index in [9.17, 15) is 5.11 Å². The van der Waals surface area contributed by atoms with Gasteiger partial charge in [0.25, 0.3) is 0 Å². The van der Waals surface area contributed by atoms with Gasteiger partial charge in [-0.2, -0.15) is 0 Å². The van der Waals surface area contributed by atoms with Crippen LogP contribution < -0.4 is 0 Å². The van der Waals surface area contributed by atoms with E-state index in [0.29, 0.717) is 0 Å². The third-order valence-electron chi connectivity index (χ3n) is 2.22. The molecule has 68 valence electrons. The predicted octanol–water partition coefficient (Wildman–Crippen LogP) is -0.977. The molecular weight excluding hydrogens is 184 g/mol. The topological polar surface area (TPSA) is 29.5 Å². The molecular formula is C8H16O2Si2. The zero-order valence-corrected chi connectivity index (χ0v) is 11.0. The summed E-state index contributed by atoms with van der Waals surface area (Å²) in [6.07, 6.45) is 5.20. The minimum absolute atomic E-state index is 0.620. The van der Waals surface area contributed by atoms with Gasteiger partial charge >= 0.3 is 0 Å². The smallest absolute Gasteiger partial charge is 0.229 e. The fraction of sp³-hybridized carbons (Fsp3) is 0.750. The van der Waals surface area contributed by atoms with Gasteiger partial charge in [0, 0.05) is 0 Å². The Morgan fingerprint density at radius 2 is 2.00 bits per heavy atom. The predicted molar refractivity (Wildman–Crippen MR) is 55.4 cm³/mol. The molecule has 0 aromatic rings. The molecule has 12 heavy (non-hydrogen) atoms. The highest BCUT2D eigenvalue weighted by Crippen LogP contribution is 2.26. The first kappa shape index (κ1) is 10.00. The van der Waals surface area contributed by atoms with Crippen LogP contribution in [0.1, 0.15) is 32.1 Å². The van der Waals surface area contributed by atoms with Crippen molar-refractivity contribution in [2.24, 2.45) is 0 Å². The zero-order chi connectivity index (χ0) is 8.86. The summed E-state index contributed by atoms with van der Waals surface area (Å²) in [6.45, 7) is 0. The van der Waals surface area contributed by atoms with E-state index in [1.807, 2.05) is 0 Å². The van der Waals surface area contributed by atoms with Gasteiger partial charge in [-0.25, -0.2) is 0 Å². The van der Waals surface area contributed by atoms with Crippen molar-refractivity contribution in [2.75, 3.05) is 0 Å². The van der Waals surface area contributed by atoms with Crippen LogP contribution in [-0.4, -0.2) is 31.0 Å². The Hall–Kier alpha value is -0.0862. The van der Waals surface area contributed by atoms with Gasteiger partial charge < -0.3 is 9.22 Å². The summed E-state index contributed by atoms with van der Waals surface area (Å²) in [4.78, 5) is 0. The van der Waals surface area contributed by atoms with E-state index in [1.54, 1.807) is 0 Å². The molecule has 4 heteroatoms. The van der Waals surface area contributed by atoms with E-state index in [4.69, 9.17) is 4.12 Å². The molecule has 0 heterocycles. The van der Waals surface area contributed by atoms with Gasteiger partial charge in [0.1, 0.15) is 16.1 Å². The third kappa shape index (κ3) is 3.11. The summed E-state index contributed by atoms with van der Waals surface area (Å²) < 4.78 is 5.07. The van der Waals surface area contributed by atoms with Crippen LogP contribution in [0.25, 0.3) is 0 Å². The van der Waals surface area contributed by atoms with Crippen LogP contribution in [0.4, 0.5) is 0 Å². The molecule has 2 nitrogen and oxygen atoms in total. The van der Waals surface area contributed by atoms with Crippen molar-refractivity contribution >= 4 is 20.2 Å². The molecule has 1 N–H and O–H groups in total. The molecule has 1 aliphatic carbocycles. The zero-order valence-electron chi connectivity index (χ0n) is 7.60. The maximum atomic E-state index is 9.90. The Morgan fingerprint density at radius 3 is 2.58 bits per heavy atom. The summed E-state index contributed by atoms with van der Waals surface area (Å²) in [6, 6.07) is 0. The molecule has 0 aromatic heterocycles. The van der Waals surface area contributed by atoms with E-state index < -0.39 is 15.4 Å². The highest BCUT2D eigenvalue weighted by molar-refractivity contribution is 6.43. The van der Waals surface area contributed by atoms with E-state index in [0.717, 1.165) is 36.2 Å². The minimum Gasteiger partial charge on any atom is -0.459 e. The molecule has 0 spiro atoms. The normalized spacial score (nSPS) is 22.4. The third-order valence-corrected chi connectivity index (χ3v) is 3.69. The monoisotopic (exact) mass is 200 g/mol. The van der Waals surface area contributed by atoms with Crippen molar-refractivity contribution in [1.82, 2.24) is 0 Å². The van der Waals surface area contributed by atoms with Crippen molar-refractivity contribution in [3.05, 3.63) is 0 Å². The van der Waals surface area contributed by atoms with Gasteiger partial charge in [-0.15, -0.1) is 5.54 Å². The summed E-state index contributed by atoms with van der Waals surface area (Å²) in [7, 11) is 0.166. The van der Waals surface area contributed by atoms with Gasteiger partial charge in [0.15, 0.2) is 0 Å². The lowest BCUT2D eigenvalue weighted by Crippen LogP contribution is -2.29. The fourth-order valence-electron chi connectivity index (χ4n) is 1.53. The molecule has 0 bridgehead atoms. The van der Waals surface area contributed by atoms with E-state index >= 15 is 0 Å². The van der Waals surface area contributed by atoms with Gasteiger partial charge in [-0.1, -0.05) is 12.3 Å². The molecule has 1 rings (SSSR count). The van der Waals surface area contributed by atoms with Crippen LogP contribution in [0.3, 0.4) is 0 Å². The van der Waals surface area contributed by atoms with Gasteiger partial charge in [0.2, 0.25) is 9.76 Å². The Bertz CT molecular complexity index is 189. The van der Waals surface area contributed by atoms with Crippen molar-refractivity contribution < 1.29 is 9.22 Å². The minimum atomic E-state index is -0.661. The highest BCUT2D eigenvalue weighted by Gasteiger charge is 2.26.